The summed E-state index contributed by atoms with van der Waals surface area (Å²) in [4.78, 5) is 24.2. The summed E-state index contributed by atoms with van der Waals surface area (Å²) in [6.07, 6.45) is 0.0145. The Balaban J connectivity index is 1.66. The van der Waals surface area contributed by atoms with Gasteiger partial charge in [0.2, 0.25) is 0 Å². The molecule has 0 bridgehead atoms. The van der Waals surface area contributed by atoms with E-state index >= 15 is 0 Å². The van der Waals surface area contributed by atoms with Crippen molar-refractivity contribution in [3.05, 3.63) is 77.3 Å². The van der Waals surface area contributed by atoms with Crippen LogP contribution in [0.1, 0.15) is 12.0 Å². The van der Waals surface area contributed by atoms with Gasteiger partial charge in [0, 0.05) is 21.1 Å². The van der Waals surface area contributed by atoms with E-state index < -0.39 is 32.9 Å². The molecular weight excluding hydrogens is 518 g/mol. The lowest BCUT2D eigenvalue weighted by Gasteiger charge is -2.24. The number of aliphatic carboxylic acids is 2. The molecule has 1 heterocycles. The third-order valence-corrected chi connectivity index (χ3v) is 10.3. The highest BCUT2D eigenvalue weighted by Crippen LogP contribution is 2.60. The molecule has 11 heteroatoms. The predicted octanol–water partition coefficient (Wildman–Crippen LogP) is 4.33. The second-order valence-corrected chi connectivity index (χ2v) is 12.4. The lowest BCUT2D eigenvalue weighted by Crippen LogP contribution is -2.49. The Hall–Kier alpha value is -2.37. The van der Waals surface area contributed by atoms with Gasteiger partial charge in [-0.15, -0.1) is 23.1 Å². The number of carboxylic acids is 2. The summed E-state index contributed by atoms with van der Waals surface area (Å²) >= 11 is 8.02. The van der Waals surface area contributed by atoms with E-state index in [0.29, 0.717) is 15.5 Å². The molecule has 1 aromatic heterocycles. The van der Waals surface area contributed by atoms with Crippen LogP contribution in [0.3, 0.4) is 0 Å². The first kappa shape index (κ1) is 24.7. The number of nitrogens with one attached hydrogen (secondary N) is 1. The Morgan fingerprint density at radius 1 is 1.03 bits per heavy atom. The summed E-state index contributed by atoms with van der Waals surface area (Å²) in [5, 5.41) is 19.8. The van der Waals surface area contributed by atoms with Gasteiger partial charge in [0.1, 0.15) is 9.75 Å². The maximum atomic E-state index is 13.3. The van der Waals surface area contributed by atoms with Crippen molar-refractivity contribution in [3.63, 3.8) is 0 Å². The minimum Gasteiger partial charge on any atom is -0.481 e. The van der Waals surface area contributed by atoms with E-state index in [-0.39, 0.29) is 22.1 Å². The lowest BCUT2D eigenvalue weighted by atomic mass is 9.92. The van der Waals surface area contributed by atoms with Gasteiger partial charge >= 0.3 is 11.9 Å². The molecule has 2 atom stereocenters. The van der Waals surface area contributed by atoms with Crippen molar-refractivity contribution in [3.8, 4) is 10.4 Å². The lowest BCUT2D eigenvalue weighted by molar-refractivity contribution is -0.140. The molecule has 1 saturated carbocycles. The van der Waals surface area contributed by atoms with Crippen LogP contribution in [-0.4, -0.2) is 47.6 Å². The summed E-state index contributed by atoms with van der Waals surface area (Å²) in [7, 11) is -4.18. The smallest absolute Gasteiger partial charge is 0.325 e. The van der Waals surface area contributed by atoms with Crippen LogP contribution in [0, 0.1) is 0 Å². The Morgan fingerprint density at radius 3 is 2.32 bits per heavy atom. The van der Waals surface area contributed by atoms with Crippen LogP contribution in [0.15, 0.2) is 70.9 Å². The van der Waals surface area contributed by atoms with Crippen molar-refractivity contribution >= 4 is 56.7 Å². The summed E-state index contributed by atoms with van der Waals surface area (Å²) in [6.45, 7) is 0. The molecule has 0 radical (unpaired) electrons. The minimum atomic E-state index is -4.18. The first-order valence-electron chi connectivity index (χ1n) is 10.1. The highest BCUT2D eigenvalue weighted by Gasteiger charge is 2.74. The number of carboxylic acid groups (broad SMARTS) is 2. The molecule has 7 nitrogen and oxygen atoms in total. The van der Waals surface area contributed by atoms with Gasteiger partial charge in [0.15, 0.2) is 0 Å². The highest BCUT2D eigenvalue weighted by molar-refractivity contribution is 8.00. The first-order chi connectivity index (χ1) is 16.1. The van der Waals surface area contributed by atoms with Crippen molar-refractivity contribution in [2.45, 2.75) is 21.6 Å². The topological polar surface area (TPSA) is 121 Å². The Kier molecular flexibility index (Phi) is 6.80. The van der Waals surface area contributed by atoms with Crippen molar-refractivity contribution in [1.29, 1.82) is 0 Å². The van der Waals surface area contributed by atoms with Crippen LogP contribution < -0.4 is 4.72 Å². The third-order valence-electron chi connectivity index (χ3n) is 5.81. The predicted molar refractivity (Wildman–Crippen MR) is 133 cm³/mol. The van der Waals surface area contributed by atoms with Crippen molar-refractivity contribution in [2.75, 3.05) is 11.5 Å². The van der Waals surface area contributed by atoms with Gasteiger partial charge in [0.05, 0.1) is 5.75 Å². The number of benzene rings is 2. The molecule has 1 aliphatic carbocycles. The fourth-order valence-corrected chi connectivity index (χ4v) is 8.06. The number of hydrogen-bond donors (Lipinski definition) is 3. The molecule has 3 aromatic rings. The zero-order chi connectivity index (χ0) is 24.6. The molecule has 0 amide bonds. The number of halogens is 1. The Morgan fingerprint density at radius 2 is 1.71 bits per heavy atom. The van der Waals surface area contributed by atoms with Crippen LogP contribution in [0.2, 0.25) is 5.02 Å². The molecule has 2 unspecified atom stereocenters. The van der Waals surface area contributed by atoms with Crippen molar-refractivity contribution in [2.24, 2.45) is 0 Å². The van der Waals surface area contributed by atoms with Crippen molar-refractivity contribution < 1.29 is 28.2 Å². The van der Waals surface area contributed by atoms with Crippen molar-refractivity contribution in [1.82, 2.24) is 4.72 Å². The first-order valence-corrected chi connectivity index (χ1v) is 13.9. The Labute approximate surface area is 209 Å². The van der Waals surface area contributed by atoms with Crippen LogP contribution in [0.4, 0.5) is 0 Å². The molecule has 0 saturated heterocycles. The number of sulfonamides is 1. The van der Waals surface area contributed by atoms with Gasteiger partial charge < -0.3 is 10.2 Å². The number of thioether (sulfide) groups is 1. The van der Waals surface area contributed by atoms with Gasteiger partial charge in [0.25, 0.3) is 10.0 Å². The second kappa shape index (κ2) is 9.35. The van der Waals surface area contributed by atoms with Crippen LogP contribution in [-0.2, 0) is 25.0 Å². The Bertz CT molecular complexity index is 1330. The summed E-state index contributed by atoms with van der Waals surface area (Å²) < 4.78 is 29.1. The molecule has 0 aliphatic heterocycles. The van der Waals surface area contributed by atoms with Gasteiger partial charge in [-0.1, -0.05) is 54.1 Å². The van der Waals surface area contributed by atoms with Crippen LogP contribution in [0.25, 0.3) is 10.4 Å². The molecule has 4 rings (SSSR count). The molecule has 2 aromatic carbocycles. The third kappa shape index (κ3) is 4.60. The van der Waals surface area contributed by atoms with E-state index in [0.717, 1.165) is 28.7 Å². The van der Waals surface area contributed by atoms with Gasteiger partial charge in [-0.2, -0.15) is 4.72 Å². The minimum absolute atomic E-state index is 0.00914. The van der Waals surface area contributed by atoms with Gasteiger partial charge in [-0.25, -0.2) is 8.42 Å². The SMILES string of the molecule is O=C(O)CSCC1(c2ccccc2)CC1(NS(=O)(=O)c1ccc(-c2ccc(Cl)cc2)s1)C(=O)O. The molecule has 178 valence electrons. The highest BCUT2D eigenvalue weighted by atomic mass is 35.5. The molecule has 3 N–H and O–H groups in total. The van der Waals surface area contributed by atoms with E-state index in [1.807, 2.05) is 0 Å². The number of thiophene rings is 1. The maximum Gasteiger partial charge on any atom is 0.325 e. The van der Waals surface area contributed by atoms with E-state index in [2.05, 4.69) is 4.72 Å². The van der Waals surface area contributed by atoms with E-state index in [1.165, 1.54) is 6.07 Å². The second-order valence-electron chi connectivity index (χ2n) is 7.95. The number of hydrogen-bond acceptors (Lipinski definition) is 6. The summed E-state index contributed by atoms with van der Waals surface area (Å²) in [5.74, 6) is -2.40. The molecule has 1 aliphatic rings. The van der Waals surface area contributed by atoms with E-state index in [4.69, 9.17) is 16.7 Å². The largest absolute Gasteiger partial charge is 0.481 e. The van der Waals surface area contributed by atoms with E-state index in [1.54, 1.807) is 60.7 Å². The number of rotatable bonds is 10. The monoisotopic (exact) mass is 537 g/mol. The molecule has 34 heavy (non-hydrogen) atoms. The molecule has 0 spiro atoms. The summed E-state index contributed by atoms with van der Waals surface area (Å²) in [6, 6.07) is 18.8. The summed E-state index contributed by atoms with van der Waals surface area (Å²) in [5.41, 5.74) is -1.43. The molecular formula is C23H20ClNO6S3. The zero-order valence-electron chi connectivity index (χ0n) is 17.6. The van der Waals surface area contributed by atoms with Crippen LogP contribution >= 0.6 is 34.7 Å². The van der Waals surface area contributed by atoms with Crippen LogP contribution in [0.5, 0.6) is 0 Å². The maximum absolute atomic E-state index is 13.3. The van der Waals surface area contributed by atoms with E-state index in [9.17, 15) is 23.1 Å². The normalized spacial score (nSPS) is 21.8. The van der Waals surface area contributed by atoms with Gasteiger partial charge in [-0.3, -0.25) is 9.59 Å². The zero-order valence-corrected chi connectivity index (χ0v) is 20.8. The average Bonchev–Trinajstić information content (AvgIpc) is 3.16. The fourth-order valence-electron chi connectivity index (χ4n) is 4.06. The number of carbonyl (C=O) groups is 2. The average molecular weight is 538 g/mol. The fraction of sp³-hybridized carbons (Fsp3) is 0.217. The van der Waals surface area contributed by atoms with Gasteiger partial charge in [-0.05, 0) is 41.8 Å². The molecule has 1 fully saturated rings. The quantitative estimate of drug-likeness (QED) is 0.352. The standard InChI is InChI=1S/C23H20ClNO6S3/c24-17-8-6-15(7-9-17)18-10-11-20(33-18)34(30,31)25-23(21(28)29)13-22(23,14-32-12-19(26)27)16-4-2-1-3-5-16/h1-11,25H,12-14H2,(H,26,27)(H,28,29).